The standard InChI is InChI=1S/C17H23N3O6S/c1-3-11(2)15(17(23)24)19-16(22)12-5-4-6-13(9-12)27(25,26)20-8-7-18-14(21)10-20/h4-6,9,11,15H,3,7-8,10H2,1-2H3,(H,18,21)(H,19,22)(H,23,24)/t11-,15-/m0/s1. The van der Waals surface area contributed by atoms with Crippen molar-refractivity contribution in [3.05, 3.63) is 29.8 Å². The monoisotopic (exact) mass is 397 g/mol. The first-order valence-corrected chi connectivity index (χ1v) is 10.0. The maximum absolute atomic E-state index is 12.7. The van der Waals surface area contributed by atoms with Crippen LogP contribution in [0.5, 0.6) is 0 Å². The van der Waals surface area contributed by atoms with Crippen LogP contribution >= 0.6 is 0 Å². The molecule has 1 aliphatic heterocycles. The summed E-state index contributed by atoms with van der Waals surface area (Å²) < 4.78 is 26.5. The quantitative estimate of drug-likeness (QED) is 0.595. The number of piperazine rings is 1. The summed E-state index contributed by atoms with van der Waals surface area (Å²) in [6.07, 6.45) is 0.558. The summed E-state index contributed by atoms with van der Waals surface area (Å²) in [4.78, 5) is 35.2. The highest BCUT2D eigenvalue weighted by Crippen LogP contribution is 2.18. The smallest absolute Gasteiger partial charge is 0.326 e. The fraction of sp³-hybridized carbons (Fsp3) is 0.471. The van der Waals surface area contributed by atoms with Crippen LogP contribution in [0.3, 0.4) is 0 Å². The number of carboxylic acids is 1. The van der Waals surface area contributed by atoms with Gasteiger partial charge in [0.2, 0.25) is 15.9 Å². The largest absolute Gasteiger partial charge is 0.480 e. The zero-order valence-electron chi connectivity index (χ0n) is 15.1. The maximum atomic E-state index is 12.7. The summed E-state index contributed by atoms with van der Waals surface area (Å²) >= 11 is 0. The van der Waals surface area contributed by atoms with E-state index in [2.05, 4.69) is 10.6 Å². The number of hydrogen-bond donors (Lipinski definition) is 3. The average Bonchev–Trinajstić information content (AvgIpc) is 2.65. The summed E-state index contributed by atoms with van der Waals surface area (Å²) in [5, 5.41) is 14.3. The Kier molecular flexibility index (Phi) is 6.55. The molecule has 0 bridgehead atoms. The molecule has 3 N–H and O–H groups in total. The van der Waals surface area contributed by atoms with Gasteiger partial charge in [-0.2, -0.15) is 4.31 Å². The Morgan fingerprint density at radius 1 is 1.37 bits per heavy atom. The third-order valence-corrected chi connectivity index (χ3v) is 6.34. The van der Waals surface area contributed by atoms with Crippen molar-refractivity contribution < 1.29 is 27.9 Å². The number of rotatable bonds is 7. The maximum Gasteiger partial charge on any atom is 0.326 e. The Morgan fingerprint density at radius 3 is 2.67 bits per heavy atom. The minimum absolute atomic E-state index is 0.0343. The Hall–Kier alpha value is -2.46. The highest BCUT2D eigenvalue weighted by atomic mass is 32.2. The molecule has 1 fully saturated rings. The molecule has 0 aliphatic carbocycles. The molecule has 1 aromatic carbocycles. The Balaban J connectivity index is 2.24. The van der Waals surface area contributed by atoms with E-state index in [1.54, 1.807) is 6.92 Å². The average molecular weight is 397 g/mol. The minimum Gasteiger partial charge on any atom is -0.480 e. The first kappa shape index (κ1) is 20.8. The van der Waals surface area contributed by atoms with E-state index >= 15 is 0 Å². The molecule has 10 heteroatoms. The van der Waals surface area contributed by atoms with E-state index in [4.69, 9.17) is 0 Å². The fourth-order valence-electron chi connectivity index (χ4n) is 2.67. The van der Waals surface area contributed by atoms with Crippen LogP contribution in [-0.2, 0) is 19.6 Å². The highest BCUT2D eigenvalue weighted by molar-refractivity contribution is 7.89. The third kappa shape index (κ3) is 4.83. The normalized spacial score (nSPS) is 17.6. The van der Waals surface area contributed by atoms with Gasteiger partial charge in [0.05, 0.1) is 11.4 Å². The molecular weight excluding hydrogens is 374 g/mol. The molecule has 0 saturated carbocycles. The van der Waals surface area contributed by atoms with Gasteiger partial charge in [0, 0.05) is 18.7 Å². The molecule has 0 unspecified atom stereocenters. The van der Waals surface area contributed by atoms with E-state index < -0.39 is 33.8 Å². The molecule has 27 heavy (non-hydrogen) atoms. The summed E-state index contributed by atoms with van der Waals surface area (Å²) in [7, 11) is -3.94. The summed E-state index contributed by atoms with van der Waals surface area (Å²) in [6.45, 7) is 3.59. The predicted octanol–water partition coefficient (Wildman–Crippen LogP) is 0.0362. The van der Waals surface area contributed by atoms with Gasteiger partial charge in [0.1, 0.15) is 6.04 Å². The molecule has 0 spiro atoms. The molecule has 1 aromatic rings. The van der Waals surface area contributed by atoms with Crippen LogP contribution in [-0.4, -0.2) is 61.3 Å². The number of carboxylic acid groups (broad SMARTS) is 1. The van der Waals surface area contributed by atoms with Crippen LogP contribution in [0.25, 0.3) is 0 Å². The Labute approximate surface area is 157 Å². The van der Waals surface area contributed by atoms with Crippen LogP contribution in [0.4, 0.5) is 0 Å². The lowest BCUT2D eigenvalue weighted by Gasteiger charge is -2.26. The molecule has 2 atom stereocenters. The van der Waals surface area contributed by atoms with E-state index in [-0.39, 0.29) is 36.0 Å². The molecule has 0 aromatic heterocycles. The minimum atomic E-state index is -3.94. The van der Waals surface area contributed by atoms with Gasteiger partial charge in [-0.15, -0.1) is 0 Å². The van der Waals surface area contributed by atoms with Gasteiger partial charge < -0.3 is 15.7 Å². The van der Waals surface area contributed by atoms with Crippen molar-refractivity contribution in [1.82, 2.24) is 14.9 Å². The van der Waals surface area contributed by atoms with Gasteiger partial charge in [0.15, 0.2) is 0 Å². The van der Waals surface area contributed by atoms with E-state index in [9.17, 15) is 27.9 Å². The van der Waals surface area contributed by atoms with Gasteiger partial charge in [-0.1, -0.05) is 26.3 Å². The number of carbonyl (C=O) groups is 3. The highest BCUT2D eigenvalue weighted by Gasteiger charge is 2.30. The van der Waals surface area contributed by atoms with Gasteiger partial charge in [-0.3, -0.25) is 9.59 Å². The summed E-state index contributed by atoms with van der Waals surface area (Å²) in [5.41, 5.74) is 0.0343. The lowest BCUT2D eigenvalue weighted by molar-refractivity contribution is -0.140. The van der Waals surface area contributed by atoms with Gasteiger partial charge >= 0.3 is 5.97 Å². The van der Waals surface area contributed by atoms with Crippen molar-refractivity contribution in [2.75, 3.05) is 19.6 Å². The van der Waals surface area contributed by atoms with Crippen molar-refractivity contribution in [2.24, 2.45) is 5.92 Å². The third-order valence-electron chi connectivity index (χ3n) is 4.50. The fourth-order valence-corrected chi connectivity index (χ4v) is 4.12. The number of carbonyl (C=O) groups excluding carboxylic acids is 2. The predicted molar refractivity (Wildman–Crippen MR) is 96.6 cm³/mol. The number of aliphatic carboxylic acids is 1. The van der Waals surface area contributed by atoms with E-state index in [1.165, 1.54) is 24.3 Å². The zero-order valence-corrected chi connectivity index (χ0v) is 16.0. The first-order chi connectivity index (χ1) is 12.7. The lowest BCUT2D eigenvalue weighted by atomic mass is 9.99. The van der Waals surface area contributed by atoms with Gasteiger partial charge in [0.25, 0.3) is 5.91 Å². The molecule has 0 radical (unpaired) electrons. The van der Waals surface area contributed by atoms with Gasteiger partial charge in [-0.25, -0.2) is 13.2 Å². The van der Waals surface area contributed by atoms with Crippen LogP contribution in [0, 0.1) is 5.92 Å². The molecule has 1 saturated heterocycles. The number of hydrogen-bond acceptors (Lipinski definition) is 5. The first-order valence-electron chi connectivity index (χ1n) is 8.57. The number of benzene rings is 1. The molecule has 2 amide bonds. The number of nitrogens with zero attached hydrogens (tertiary/aromatic N) is 1. The molecule has 9 nitrogen and oxygen atoms in total. The second-order valence-corrected chi connectivity index (χ2v) is 8.33. The topological polar surface area (TPSA) is 133 Å². The lowest BCUT2D eigenvalue weighted by Crippen LogP contribution is -2.49. The van der Waals surface area contributed by atoms with Crippen molar-refractivity contribution >= 4 is 27.8 Å². The van der Waals surface area contributed by atoms with Crippen molar-refractivity contribution in [1.29, 1.82) is 0 Å². The zero-order chi connectivity index (χ0) is 20.2. The number of nitrogens with one attached hydrogen (secondary N) is 2. The summed E-state index contributed by atoms with van der Waals surface area (Å²) in [6, 6.07) is 4.26. The van der Waals surface area contributed by atoms with Crippen molar-refractivity contribution in [3.63, 3.8) is 0 Å². The van der Waals surface area contributed by atoms with Crippen LogP contribution in [0.15, 0.2) is 29.2 Å². The van der Waals surface area contributed by atoms with Crippen LogP contribution in [0.2, 0.25) is 0 Å². The molecular formula is C17H23N3O6S. The Bertz CT molecular complexity index is 839. The summed E-state index contributed by atoms with van der Waals surface area (Å²) in [5.74, 6) is -2.50. The van der Waals surface area contributed by atoms with Crippen molar-refractivity contribution in [3.8, 4) is 0 Å². The Morgan fingerprint density at radius 2 is 2.07 bits per heavy atom. The molecule has 2 rings (SSSR count). The number of sulfonamides is 1. The number of amides is 2. The van der Waals surface area contributed by atoms with E-state index in [0.717, 1.165) is 4.31 Å². The van der Waals surface area contributed by atoms with Gasteiger partial charge in [-0.05, 0) is 24.1 Å². The SMILES string of the molecule is CC[C@H](C)[C@H](NC(=O)c1cccc(S(=O)(=O)N2CCNC(=O)C2)c1)C(=O)O. The molecule has 1 aliphatic rings. The van der Waals surface area contributed by atoms with Crippen LogP contribution in [0.1, 0.15) is 30.6 Å². The van der Waals surface area contributed by atoms with E-state index in [1.807, 2.05) is 6.92 Å². The van der Waals surface area contributed by atoms with Crippen molar-refractivity contribution in [2.45, 2.75) is 31.2 Å². The second-order valence-electron chi connectivity index (χ2n) is 6.39. The second kappa shape index (κ2) is 8.49. The molecule has 148 valence electrons. The van der Waals surface area contributed by atoms with Crippen LogP contribution < -0.4 is 10.6 Å². The van der Waals surface area contributed by atoms with E-state index in [0.29, 0.717) is 6.42 Å². The molecule has 1 heterocycles.